The maximum atomic E-state index is 13.5. The Labute approximate surface area is 184 Å². The number of carbonyl (C=O) groups is 1. The van der Waals surface area contributed by atoms with Gasteiger partial charge < -0.3 is 14.8 Å². The Morgan fingerprint density at radius 1 is 1.03 bits per heavy atom. The first-order chi connectivity index (χ1) is 15.6. The van der Waals surface area contributed by atoms with Gasteiger partial charge in [-0.25, -0.2) is 9.07 Å². The number of ether oxygens (including phenoxy) is 2. The van der Waals surface area contributed by atoms with E-state index in [1.807, 2.05) is 24.3 Å². The molecule has 0 spiro atoms. The van der Waals surface area contributed by atoms with Crippen molar-refractivity contribution in [1.29, 1.82) is 0 Å². The molecule has 0 radical (unpaired) electrons. The Bertz CT molecular complexity index is 1220. The van der Waals surface area contributed by atoms with E-state index in [1.165, 1.54) is 16.8 Å². The van der Waals surface area contributed by atoms with Gasteiger partial charge in [0.05, 0.1) is 37.8 Å². The summed E-state index contributed by atoms with van der Waals surface area (Å²) in [5, 5.41) is 7.48. The average Bonchev–Trinajstić information content (AvgIpc) is 3.28. The van der Waals surface area contributed by atoms with E-state index in [4.69, 9.17) is 9.47 Å². The Balaban J connectivity index is 1.73. The van der Waals surface area contributed by atoms with Gasteiger partial charge in [-0.3, -0.25) is 9.78 Å². The summed E-state index contributed by atoms with van der Waals surface area (Å²) >= 11 is 0. The summed E-state index contributed by atoms with van der Waals surface area (Å²) in [6, 6.07) is 18.3. The third-order valence-corrected chi connectivity index (χ3v) is 4.85. The zero-order valence-corrected chi connectivity index (χ0v) is 17.6. The number of benzene rings is 2. The lowest BCUT2D eigenvalue weighted by molar-refractivity contribution is 0.0942. The van der Waals surface area contributed by atoms with Crippen molar-refractivity contribution < 1.29 is 18.7 Å². The summed E-state index contributed by atoms with van der Waals surface area (Å²) in [4.78, 5) is 17.3. The Morgan fingerprint density at radius 2 is 1.84 bits per heavy atom. The van der Waals surface area contributed by atoms with Gasteiger partial charge in [0.25, 0.3) is 5.91 Å². The highest BCUT2D eigenvalue weighted by Crippen LogP contribution is 2.33. The first-order valence-corrected chi connectivity index (χ1v) is 9.85. The summed E-state index contributed by atoms with van der Waals surface area (Å²) in [5.41, 5.74) is 2.78. The molecule has 0 saturated carbocycles. The van der Waals surface area contributed by atoms with Gasteiger partial charge in [0.2, 0.25) is 0 Å². The van der Waals surface area contributed by atoms with E-state index in [1.54, 1.807) is 50.7 Å². The molecule has 0 saturated heterocycles. The van der Waals surface area contributed by atoms with Gasteiger partial charge in [-0.05, 0) is 54.6 Å². The van der Waals surface area contributed by atoms with Crippen LogP contribution in [0.25, 0.3) is 16.9 Å². The Hall–Kier alpha value is -4.20. The molecule has 32 heavy (non-hydrogen) atoms. The van der Waals surface area contributed by atoms with Crippen LogP contribution in [0.3, 0.4) is 0 Å². The predicted octanol–water partition coefficient (Wildman–Crippen LogP) is 4.02. The molecule has 0 aliphatic carbocycles. The summed E-state index contributed by atoms with van der Waals surface area (Å²) in [5.74, 6) is 0.468. The monoisotopic (exact) mass is 432 g/mol. The van der Waals surface area contributed by atoms with Crippen LogP contribution in [-0.4, -0.2) is 34.9 Å². The largest absolute Gasteiger partial charge is 0.497 e. The molecule has 0 atom stereocenters. The topological polar surface area (TPSA) is 78.3 Å². The van der Waals surface area contributed by atoms with Crippen LogP contribution in [-0.2, 0) is 6.54 Å². The second-order valence-electron chi connectivity index (χ2n) is 6.87. The predicted molar refractivity (Wildman–Crippen MR) is 117 cm³/mol. The average molecular weight is 432 g/mol. The van der Waals surface area contributed by atoms with E-state index >= 15 is 0 Å². The van der Waals surface area contributed by atoms with Crippen molar-refractivity contribution in [3.63, 3.8) is 0 Å². The number of amides is 1. The molecule has 1 amide bonds. The van der Waals surface area contributed by atoms with Crippen molar-refractivity contribution in [2.45, 2.75) is 6.54 Å². The lowest BCUT2D eigenvalue weighted by Crippen LogP contribution is -2.25. The number of halogens is 1. The molecule has 8 heteroatoms. The fourth-order valence-electron chi connectivity index (χ4n) is 3.23. The molecule has 1 N–H and O–H groups in total. The molecule has 0 unspecified atom stereocenters. The normalized spacial score (nSPS) is 10.6. The summed E-state index contributed by atoms with van der Waals surface area (Å²) < 4.78 is 25.7. The molecule has 0 bridgehead atoms. The highest BCUT2D eigenvalue weighted by molar-refractivity contribution is 5.94. The molecule has 0 aliphatic heterocycles. The van der Waals surface area contributed by atoms with Gasteiger partial charge in [-0.2, -0.15) is 5.10 Å². The van der Waals surface area contributed by atoms with Gasteiger partial charge in [0.1, 0.15) is 23.0 Å². The van der Waals surface area contributed by atoms with Crippen LogP contribution in [0.4, 0.5) is 4.39 Å². The van der Waals surface area contributed by atoms with Gasteiger partial charge >= 0.3 is 0 Å². The first kappa shape index (κ1) is 21.0. The molecule has 7 nitrogen and oxygen atoms in total. The quantitative estimate of drug-likeness (QED) is 0.477. The molecule has 162 valence electrons. The van der Waals surface area contributed by atoms with Gasteiger partial charge in [0.15, 0.2) is 0 Å². The second-order valence-corrected chi connectivity index (χ2v) is 6.87. The lowest BCUT2D eigenvalue weighted by atomic mass is 10.1. The molecule has 2 aromatic carbocycles. The molecule has 2 heterocycles. The summed E-state index contributed by atoms with van der Waals surface area (Å²) in [6.45, 7) is 0.259. The van der Waals surface area contributed by atoms with E-state index in [2.05, 4.69) is 15.4 Å². The summed E-state index contributed by atoms with van der Waals surface area (Å²) in [6.07, 6.45) is 1.66. The van der Waals surface area contributed by atoms with Gasteiger partial charge in [0, 0.05) is 17.8 Å². The van der Waals surface area contributed by atoms with Crippen LogP contribution in [0.5, 0.6) is 11.5 Å². The Kier molecular flexibility index (Phi) is 6.12. The fraction of sp³-hybridized carbons (Fsp3) is 0.125. The molecule has 2 aromatic heterocycles. The van der Waals surface area contributed by atoms with Crippen LogP contribution in [0.15, 0.2) is 72.9 Å². The summed E-state index contributed by atoms with van der Waals surface area (Å²) in [7, 11) is 3.12. The number of carbonyl (C=O) groups excluding carboxylic acids is 1. The second kappa shape index (κ2) is 9.30. The number of pyridine rings is 1. The maximum absolute atomic E-state index is 13.5. The SMILES string of the molecule is COc1ccc(-c2cc(C(=O)NCc3ccccn3)n(-c3ccc(F)cc3)n2)c(OC)c1. The van der Waals surface area contributed by atoms with Crippen LogP contribution in [0.1, 0.15) is 16.2 Å². The van der Waals surface area contributed by atoms with Crippen molar-refractivity contribution >= 4 is 5.91 Å². The smallest absolute Gasteiger partial charge is 0.270 e. The lowest BCUT2D eigenvalue weighted by Gasteiger charge is -2.09. The van der Waals surface area contributed by atoms with Crippen molar-refractivity contribution in [1.82, 2.24) is 20.1 Å². The minimum Gasteiger partial charge on any atom is -0.497 e. The third kappa shape index (κ3) is 4.44. The number of hydrogen-bond acceptors (Lipinski definition) is 5. The van der Waals surface area contributed by atoms with Crippen LogP contribution in [0.2, 0.25) is 0 Å². The van der Waals surface area contributed by atoms with Crippen molar-refractivity contribution in [3.8, 4) is 28.4 Å². The van der Waals surface area contributed by atoms with Crippen LogP contribution in [0, 0.1) is 5.82 Å². The zero-order chi connectivity index (χ0) is 22.5. The van der Waals surface area contributed by atoms with E-state index in [9.17, 15) is 9.18 Å². The number of hydrogen-bond donors (Lipinski definition) is 1. The van der Waals surface area contributed by atoms with Gasteiger partial charge in [-0.1, -0.05) is 6.07 Å². The highest BCUT2D eigenvalue weighted by Gasteiger charge is 2.20. The molecule has 0 fully saturated rings. The molecule has 4 aromatic rings. The number of rotatable bonds is 7. The maximum Gasteiger partial charge on any atom is 0.270 e. The molecular weight excluding hydrogens is 411 g/mol. The van der Waals surface area contributed by atoms with Gasteiger partial charge in [-0.15, -0.1) is 0 Å². The van der Waals surface area contributed by atoms with E-state index in [-0.39, 0.29) is 18.3 Å². The van der Waals surface area contributed by atoms with Crippen molar-refractivity contribution in [2.24, 2.45) is 0 Å². The van der Waals surface area contributed by atoms with E-state index in [0.717, 1.165) is 5.69 Å². The number of aromatic nitrogens is 3. The van der Waals surface area contributed by atoms with E-state index in [0.29, 0.717) is 34.1 Å². The number of methoxy groups -OCH3 is 2. The first-order valence-electron chi connectivity index (χ1n) is 9.85. The fourth-order valence-corrected chi connectivity index (χ4v) is 3.23. The minimum atomic E-state index is -0.376. The molecular formula is C24H21FN4O3. The highest BCUT2D eigenvalue weighted by atomic mass is 19.1. The Morgan fingerprint density at radius 3 is 2.53 bits per heavy atom. The number of nitrogens with one attached hydrogen (secondary N) is 1. The third-order valence-electron chi connectivity index (χ3n) is 4.85. The van der Waals surface area contributed by atoms with E-state index < -0.39 is 0 Å². The number of nitrogens with zero attached hydrogens (tertiary/aromatic N) is 3. The van der Waals surface area contributed by atoms with Crippen LogP contribution < -0.4 is 14.8 Å². The minimum absolute atomic E-state index is 0.259. The van der Waals surface area contributed by atoms with Crippen molar-refractivity contribution in [2.75, 3.05) is 14.2 Å². The molecule has 4 rings (SSSR count). The van der Waals surface area contributed by atoms with Crippen molar-refractivity contribution in [3.05, 3.63) is 90.1 Å². The molecule has 0 aliphatic rings. The standard InChI is InChI=1S/C24H21FN4O3/c1-31-19-10-11-20(23(13-19)32-2)21-14-22(24(30)27-15-17-5-3-4-12-26-17)29(28-21)18-8-6-16(25)7-9-18/h3-14H,15H2,1-2H3,(H,27,30). The van der Waals surface area contributed by atoms with Crippen LogP contribution >= 0.6 is 0 Å². The zero-order valence-electron chi connectivity index (χ0n) is 17.6.